The number of halogens is 1. The van der Waals surface area contributed by atoms with Crippen LogP contribution in [0.1, 0.15) is 16.2 Å². The molecule has 1 aromatic carbocycles. The Morgan fingerprint density at radius 2 is 2.00 bits per heavy atom. The van der Waals surface area contributed by atoms with Gasteiger partial charge in [0.15, 0.2) is 5.69 Å². The Morgan fingerprint density at radius 3 is 2.50 bits per heavy atom. The summed E-state index contributed by atoms with van der Waals surface area (Å²) in [6.45, 7) is 1.52. The van der Waals surface area contributed by atoms with Crippen LogP contribution in [-0.2, 0) is 0 Å². The summed E-state index contributed by atoms with van der Waals surface area (Å²) in [6, 6.07) is 5.48. The van der Waals surface area contributed by atoms with Gasteiger partial charge in [0.1, 0.15) is 11.6 Å². The van der Waals surface area contributed by atoms with E-state index < -0.39 is 5.97 Å². The summed E-state index contributed by atoms with van der Waals surface area (Å²) in [6.07, 6.45) is 0. The summed E-state index contributed by atoms with van der Waals surface area (Å²) in [5, 5.41) is 8.79. The number of aromatic nitrogens is 1. The summed E-state index contributed by atoms with van der Waals surface area (Å²) >= 11 is 0. The second kappa shape index (κ2) is 3.77. The maximum Gasteiger partial charge on any atom is 0.358 e. The predicted octanol–water partition coefficient (Wildman–Crippen LogP) is 2.49. The van der Waals surface area contributed by atoms with Gasteiger partial charge >= 0.3 is 5.97 Å². The maximum atomic E-state index is 12.7. The van der Waals surface area contributed by atoms with Crippen LogP contribution in [-0.4, -0.2) is 16.1 Å². The molecule has 16 heavy (non-hydrogen) atoms. The number of aromatic carboxylic acids is 1. The van der Waals surface area contributed by atoms with Crippen LogP contribution in [0.15, 0.2) is 28.7 Å². The van der Waals surface area contributed by atoms with Crippen molar-refractivity contribution in [1.29, 1.82) is 0 Å². The topological polar surface area (TPSA) is 63.3 Å². The first-order chi connectivity index (χ1) is 7.58. The minimum absolute atomic E-state index is 0.126. The van der Waals surface area contributed by atoms with Crippen molar-refractivity contribution in [2.24, 2.45) is 0 Å². The highest BCUT2D eigenvalue weighted by molar-refractivity contribution is 5.87. The van der Waals surface area contributed by atoms with Gasteiger partial charge in [0.2, 0.25) is 5.89 Å². The molecule has 1 heterocycles. The summed E-state index contributed by atoms with van der Waals surface area (Å²) in [5.74, 6) is -1.11. The van der Waals surface area contributed by atoms with Gasteiger partial charge in [-0.05, 0) is 31.2 Å². The molecule has 5 heteroatoms. The number of carbonyl (C=O) groups is 1. The number of hydrogen-bond donors (Lipinski definition) is 1. The fourth-order valence-corrected chi connectivity index (χ4v) is 1.31. The Labute approximate surface area is 90.4 Å². The molecule has 2 rings (SSSR count). The van der Waals surface area contributed by atoms with E-state index in [1.165, 1.54) is 31.2 Å². The van der Waals surface area contributed by atoms with Crippen LogP contribution in [0.2, 0.25) is 0 Å². The molecule has 0 saturated heterocycles. The molecule has 0 aliphatic rings. The molecule has 0 radical (unpaired) electrons. The zero-order chi connectivity index (χ0) is 11.7. The van der Waals surface area contributed by atoms with Crippen molar-refractivity contribution in [3.05, 3.63) is 41.5 Å². The first-order valence-corrected chi connectivity index (χ1v) is 4.54. The van der Waals surface area contributed by atoms with Crippen LogP contribution < -0.4 is 0 Å². The third-order valence-corrected chi connectivity index (χ3v) is 2.09. The molecule has 0 unspecified atom stereocenters. The monoisotopic (exact) mass is 221 g/mol. The van der Waals surface area contributed by atoms with E-state index >= 15 is 0 Å². The number of benzene rings is 1. The minimum atomic E-state index is -1.14. The van der Waals surface area contributed by atoms with Crippen molar-refractivity contribution in [3.8, 4) is 11.5 Å². The van der Waals surface area contributed by atoms with Gasteiger partial charge in [-0.1, -0.05) is 0 Å². The third kappa shape index (κ3) is 1.79. The van der Waals surface area contributed by atoms with Crippen molar-refractivity contribution in [1.82, 2.24) is 4.98 Å². The number of carboxylic acids is 1. The second-order valence-corrected chi connectivity index (χ2v) is 3.24. The molecule has 0 amide bonds. The standard InChI is InChI=1S/C11H8FNO3/c1-6-9(11(14)15)13-10(16-6)7-2-4-8(12)5-3-7/h2-5H,1H3,(H,14,15). The number of hydrogen-bond acceptors (Lipinski definition) is 3. The largest absolute Gasteiger partial charge is 0.476 e. The van der Waals surface area contributed by atoms with Gasteiger partial charge in [0, 0.05) is 5.56 Å². The summed E-state index contributed by atoms with van der Waals surface area (Å²) < 4.78 is 17.9. The molecule has 0 atom stereocenters. The Hall–Kier alpha value is -2.17. The molecule has 0 bridgehead atoms. The lowest BCUT2D eigenvalue weighted by Gasteiger charge is -1.93. The van der Waals surface area contributed by atoms with Crippen LogP contribution in [0.4, 0.5) is 4.39 Å². The van der Waals surface area contributed by atoms with Gasteiger partial charge in [-0.2, -0.15) is 0 Å². The molecule has 4 nitrogen and oxygen atoms in total. The highest BCUT2D eigenvalue weighted by Gasteiger charge is 2.16. The Balaban J connectivity index is 2.45. The van der Waals surface area contributed by atoms with Crippen LogP contribution in [0, 0.1) is 12.7 Å². The molecule has 0 aliphatic carbocycles. The van der Waals surface area contributed by atoms with Gasteiger partial charge in [-0.25, -0.2) is 14.2 Å². The molecule has 0 aliphatic heterocycles. The second-order valence-electron chi connectivity index (χ2n) is 3.24. The Kier molecular flexibility index (Phi) is 2.44. The molecule has 0 fully saturated rings. The van der Waals surface area contributed by atoms with Crippen molar-refractivity contribution in [2.75, 3.05) is 0 Å². The number of carboxylic acid groups (broad SMARTS) is 1. The zero-order valence-corrected chi connectivity index (χ0v) is 8.40. The molecule has 0 saturated carbocycles. The fraction of sp³-hybridized carbons (Fsp3) is 0.0909. The van der Waals surface area contributed by atoms with E-state index in [1.807, 2.05) is 0 Å². The van der Waals surface area contributed by atoms with E-state index in [2.05, 4.69) is 4.98 Å². The maximum absolute atomic E-state index is 12.7. The van der Waals surface area contributed by atoms with Crippen LogP contribution in [0.5, 0.6) is 0 Å². The molecule has 82 valence electrons. The fourth-order valence-electron chi connectivity index (χ4n) is 1.31. The molecule has 0 spiro atoms. The van der Waals surface area contributed by atoms with Crippen LogP contribution in [0.3, 0.4) is 0 Å². The summed E-state index contributed by atoms with van der Waals surface area (Å²) in [5.41, 5.74) is 0.413. The Morgan fingerprint density at radius 1 is 1.38 bits per heavy atom. The average molecular weight is 221 g/mol. The lowest BCUT2D eigenvalue weighted by Crippen LogP contribution is -1.98. The normalized spacial score (nSPS) is 10.4. The summed E-state index contributed by atoms with van der Waals surface area (Å²) in [7, 11) is 0. The molecule has 2 aromatic rings. The van der Waals surface area contributed by atoms with Crippen LogP contribution in [0.25, 0.3) is 11.5 Å². The van der Waals surface area contributed by atoms with Crippen molar-refractivity contribution >= 4 is 5.97 Å². The number of nitrogens with zero attached hydrogens (tertiary/aromatic N) is 1. The quantitative estimate of drug-likeness (QED) is 0.846. The van der Waals surface area contributed by atoms with Crippen molar-refractivity contribution in [3.63, 3.8) is 0 Å². The number of rotatable bonds is 2. The molecular formula is C11H8FNO3. The first-order valence-electron chi connectivity index (χ1n) is 4.54. The van der Waals surface area contributed by atoms with Gasteiger partial charge in [0.05, 0.1) is 0 Å². The molecular weight excluding hydrogens is 213 g/mol. The Bertz CT molecular complexity index is 531. The number of oxazole rings is 1. The predicted molar refractivity (Wildman–Crippen MR) is 53.6 cm³/mol. The molecule has 1 aromatic heterocycles. The zero-order valence-electron chi connectivity index (χ0n) is 8.40. The first kappa shape index (κ1) is 10.4. The van der Waals surface area contributed by atoms with Crippen molar-refractivity contribution < 1.29 is 18.7 Å². The SMILES string of the molecule is Cc1oc(-c2ccc(F)cc2)nc1C(=O)O. The average Bonchev–Trinajstić information content (AvgIpc) is 2.61. The van der Waals surface area contributed by atoms with E-state index in [9.17, 15) is 9.18 Å². The van der Waals surface area contributed by atoms with Gasteiger partial charge in [-0.3, -0.25) is 0 Å². The lowest BCUT2D eigenvalue weighted by molar-refractivity contribution is 0.0689. The highest BCUT2D eigenvalue weighted by atomic mass is 19.1. The van der Waals surface area contributed by atoms with Gasteiger partial charge in [-0.15, -0.1) is 0 Å². The number of aryl methyl sites for hydroxylation is 1. The highest BCUT2D eigenvalue weighted by Crippen LogP contribution is 2.21. The molecule has 1 N–H and O–H groups in total. The summed E-state index contributed by atoms with van der Waals surface area (Å²) in [4.78, 5) is 14.6. The van der Waals surface area contributed by atoms with E-state index in [0.717, 1.165) is 0 Å². The lowest BCUT2D eigenvalue weighted by atomic mass is 10.2. The van der Waals surface area contributed by atoms with Gasteiger partial charge in [0.25, 0.3) is 0 Å². The van der Waals surface area contributed by atoms with Crippen LogP contribution >= 0.6 is 0 Å². The third-order valence-electron chi connectivity index (χ3n) is 2.09. The van der Waals surface area contributed by atoms with E-state index in [1.54, 1.807) is 0 Å². The van der Waals surface area contributed by atoms with E-state index in [-0.39, 0.29) is 23.2 Å². The van der Waals surface area contributed by atoms with Crippen molar-refractivity contribution in [2.45, 2.75) is 6.92 Å². The smallest absolute Gasteiger partial charge is 0.358 e. The van der Waals surface area contributed by atoms with Gasteiger partial charge < -0.3 is 9.52 Å². The van der Waals surface area contributed by atoms with E-state index in [0.29, 0.717) is 5.56 Å². The minimum Gasteiger partial charge on any atom is -0.476 e. The van der Waals surface area contributed by atoms with E-state index in [4.69, 9.17) is 9.52 Å².